The van der Waals surface area contributed by atoms with Crippen molar-refractivity contribution in [1.82, 2.24) is 9.88 Å². The number of aliphatic hydroxyl groups is 1. The van der Waals surface area contributed by atoms with Gasteiger partial charge in [-0.05, 0) is 12.8 Å². The van der Waals surface area contributed by atoms with E-state index in [-0.39, 0.29) is 24.4 Å². The second-order valence-electron chi connectivity index (χ2n) is 3.94. The first-order chi connectivity index (χ1) is 8.17. The van der Waals surface area contributed by atoms with Gasteiger partial charge in [0.2, 0.25) is 0 Å². The van der Waals surface area contributed by atoms with Gasteiger partial charge in [0, 0.05) is 19.6 Å². The van der Waals surface area contributed by atoms with E-state index in [1.807, 2.05) is 0 Å². The normalized spacial score (nSPS) is 14.7. The smallest absolute Gasteiger partial charge is 0.268 e. The van der Waals surface area contributed by atoms with Gasteiger partial charge in [0.25, 0.3) is 5.91 Å². The second-order valence-corrected chi connectivity index (χ2v) is 4.94. The van der Waals surface area contributed by atoms with Crippen LogP contribution in [-0.2, 0) is 0 Å². The van der Waals surface area contributed by atoms with E-state index in [1.165, 1.54) is 11.3 Å². The number of thiazole rings is 1. The molecule has 94 valence electrons. The molecule has 2 rings (SSSR count). The lowest BCUT2D eigenvalue weighted by atomic mass is 10.3. The SMILES string of the molecule is CNc1nc(N)c(C(=O)N(CCO)C2CC2)s1. The topological polar surface area (TPSA) is 91.5 Å². The van der Waals surface area contributed by atoms with E-state index in [9.17, 15) is 4.79 Å². The lowest BCUT2D eigenvalue weighted by Crippen LogP contribution is -2.35. The Bertz CT molecular complexity index is 416. The molecule has 1 amide bonds. The number of amides is 1. The molecule has 1 aromatic rings. The highest BCUT2D eigenvalue weighted by atomic mass is 32.1. The zero-order valence-corrected chi connectivity index (χ0v) is 10.5. The number of rotatable bonds is 5. The lowest BCUT2D eigenvalue weighted by molar-refractivity contribution is 0.0713. The monoisotopic (exact) mass is 256 g/mol. The number of nitrogens with one attached hydrogen (secondary N) is 1. The number of carbonyl (C=O) groups excluding carboxylic acids is 1. The molecule has 1 aromatic heterocycles. The molecular formula is C10H16N4O2S. The lowest BCUT2D eigenvalue weighted by Gasteiger charge is -2.20. The van der Waals surface area contributed by atoms with Gasteiger partial charge in [0.15, 0.2) is 5.13 Å². The van der Waals surface area contributed by atoms with E-state index in [0.717, 1.165) is 12.8 Å². The summed E-state index contributed by atoms with van der Waals surface area (Å²) in [5.41, 5.74) is 5.72. The van der Waals surface area contributed by atoms with Gasteiger partial charge in [-0.15, -0.1) is 0 Å². The summed E-state index contributed by atoms with van der Waals surface area (Å²) in [6, 6.07) is 0.259. The average Bonchev–Trinajstić information content (AvgIpc) is 3.08. The van der Waals surface area contributed by atoms with Crippen LogP contribution in [0.2, 0.25) is 0 Å². The van der Waals surface area contributed by atoms with Gasteiger partial charge in [0.05, 0.1) is 6.61 Å². The summed E-state index contributed by atoms with van der Waals surface area (Å²) < 4.78 is 0. The molecule has 0 atom stereocenters. The van der Waals surface area contributed by atoms with Crippen molar-refractivity contribution < 1.29 is 9.90 Å². The third-order valence-corrected chi connectivity index (χ3v) is 3.73. The third-order valence-electron chi connectivity index (χ3n) is 2.65. The molecule has 1 fully saturated rings. The van der Waals surface area contributed by atoms with Crippen molar-refractivity contribution in [1.29, 1.82) is 0 Å². The van der Waals surface area contributed by atoms with Crippen LogP contribution in [0.4, 0.5) is 10.9 Å². The van der Waals surface area contributed by atoms with Crippen LogP contribution in [0.25, 0.3) is 0 Å². The molecule has 17 heavy (non-hydrogen) atoms. The number of hydrogen-bond donors (Lipinski definition) is 3. The van der Waals surface area contributed by atoms with Crippen LogP contribution in [-0.4, -0.2) is 47.1 Å². The Morgan fingerprint density at radius 2 is 2.41 bits per heavy atom. The second kappa shape index (κ2) is 4.89. The van der Waals surface area contributed by atoms with Crippen molar-refractivity contribution in [3.8, 4) is 0 Å². The summed E-state index contributed by atoms with van der Waals surface area (Å²) in [6.45, 7) is 0.329. The number of nitrogens with zero attached hydrogens (tertiary/aromatic N) is 2. The highest BCUT2D eigenvalue weighted by molar-refractivity contribution is 7.18. The Balaban J connectivity index is 2.18. The molecular weight excluding hydrogens is 240 g/mol. The average molecular weight is 256 g/mol. The number of nitrogens with two attached hydrogens (primary N) is 1. The van der Waals surface area contributed by atoms with E-state index < -0.39 is 0 Å². The molecule has 0 saturated heterocycles. The molecule has 4 N–H and O–H groups in total. The summed E-state index contributed by atoms with van der Waals surface area (Å²) in [6.07, 6.45) is 2.01. The maximum absolute atomic E-state index is 12.2. The minimum atomic E-state index is -0.127. The number of aliphatic hydroxyl groups excluding tert-OH is 1. The molecule has 0 aliphatic heterocycles. The summed E-state index contributed by atoms with van der Waals surface area (Å²) in [5.74, 6) is 0.131. The number of nitrogen functional groups attached to an aromatic ring is 1. The largest absolute Gasteiger partial charge is 0.395 e. The van der Waals surface area contributed by atoms with Gasteiger partial charge in [-0.2, -0.15) is 0 Å². The molecule has 6 nitrogen and oxygen atoms in total. The standard InChI is InChI=1S/C10H16N4O2S/c1-12-10-13-8(11)7(17-10)9(16)14(4-5-15)6-2-3-6/h6,15H,2-5,11H2,1H3,(H,12,13). The van der Waals surface area contributed by atoms with Crippen molar-refractivity contribution in [3.05, 3.63) is 4.88 Å². The third kappa shape index (κ3) is 2.50. The first-order valence-electron chi connectivity index (χ1n) is 5.53. The fourth-order valence-electron chi connectivity index (χ4n) is 1.67. The van der Waals surface area contributed by atoms with Crippen LogP contribution < -0.4 is 11.1 Å². The number of hydrogen-bond acceptors (Lipinski definition) is 6. The highest BCUT2D eigenvalue weighted by Gasteiger charge is 2.34. The first kappa shape index (κ1) is 12.1. The van der Waals surface area contributed by atoms with E-state index >= 15 is 0 Å². The van der Waals surface area contributed by atoms with Gasteiger partial charge >= 0.3 is 0 Å². The summed E-state index contributed by atoms with van der Waals surface area (Å²) in [4.78, 5) is 18.4. The summed E-state index contributed by atoms with van der Waals surface area (Å²) >= 11 is 1.25. The highest BCUT2D eigenvalue weighted by Crippen LogP contribution is 2.32. The van der Waals surface area contributed by atoms with Gasteiger partial charge in [-0.25, -0.2) is 4.98 Å². The van der Waals surface area contributed by atoms with E-state index in [0.29, 0.717) is 16.6 Å². The molecule has 0 aromatic carbocycles. The fraction of sp³-hybridized carbons (Fsp3) is 0.600. The Kier molecular flexibility index (Phi) is 3.49. The van der Waals surface area contributed by atoms with Crippen LogP contribution in [0.1, 0.15) is 22.5 Å². The van der Waals surface area contributed by atoms with Gasteiger partial charge in [0.1, 0.15) is 10.7 Å². The maximum Gasteiger partial charge on any atom is 0.268 e. The predicted octanol–water partition coefficient (Wildman–Crippen LogP) is 0.364. The molecule has 1 aliphatic rings. The van der Waals surface area contributed by atoms with Crippen LogP contribution >= 0.6 is 11.3 Å². The van der Waals surface area contributed by atoms with Crippen molar-refractivity contribution in [3.63, 3.8) is 0 Å². The van der Waals surface area contributed by atoms with Crippen molar-refractivity contribution >= 4 is 28.2 Å². The van der Waals surface area contributed by atoms with Crippen LogP contribution in [0.5, 0.6) is 0 Å². The minimum Gasteiger partial charge on any atom is -0.395 e. The molecule has 0 unspecified atom stereocenters. The Labute approximate surface area is 103 Å². The van der Waals surface area contributed by atoms with E-state index in [1.54, 1.807) is 11.9 Å². The zero-order valence-electron chi connectivity index (χ0n) is 9.64. The fourth-order valence-corrected chi connectivity index (χ4v) is 2.46. The quantitative estimate of drug-likeness (QED) is 0.707. The van der Waals surface area contributed by atoms with Gasteiger partial charge in [-0.1, -0.05) is 11.3 Å². The van der Waals surface area contributed by atoms with E-state index in [4.69, 9.17) is 10.8 Å². The summed E-state index contributed by atoms with van der Waals surface area (Å²) in [7, 11) is 1.74. The van der Waals surface area contributed by atoms with Crippen molar-refractivity contribution in [2.24, 2.45) is 0 Å². The molecule has 1 heterocycles. The molecule has 1 saturated carbocycles. The number of anilines is 2. The molecule has 1 aliphatic carbocycles. The molecule has 0 radical (unpaired) electrons. The first-order valence-corrected chi connectivity index (χ1v) is 6.35. The Morgan fingerprint density at radius 3 is 2.88 bits per heavy atom. The number of carbonyl (C=O) groups is 1. The van der Waals surface area contributed by atoms with Crippen LogP contribution in [0.3, 0.4) is 0 Å². The Morgan fingerprint density at radius 1 is 1.71 bits per heavy atom. The number of aromatic nitrogens is 1. The van der Waals surface area contributed by atoms with Gasteiger partial charge < -0.3 is 21.1 Å². The maximum atomic E-state index is 12.2. The van der Waals surface area contributed by atoms with Crippen LogP contribution in [0.15, 0.2) is 0 Å². The predicted molar refractivity (Wildman–Crippen MR) is 67.2 cm³/mol. The van der Waals surface area contributed by atoms with Crippen LogP contribution in [0, 0.1) is 0 Å². The Hall–Kier alpha value is -1.34. The van der Waals surface area contributed by atoms with Gasteiger partial charge in [-0.3, -0.25) is 4.79 Å². The van der Waals surface area contributed by atoms with E-state index in [2.05, 4.69) is 10.3 Å². The molecule has 0 spiro atoms. The molecule has 7 heteroatoms. The minimum absolute atomic E-state index is 0.0279. The van der Waals surface area contributed by atoms with Crippen molar-refractivity contribution in [2.75, 3.05) is 31.2 Å². The van der Waals surface area contributed by atoms with Crippen molar-refractivity contribution in [2.45, 2.75) is 18.9 Å². The summed E-state index contributed by atoms with van der Waals surface area (Å²) in [5, 5.41) is 12.5. The molecule has 0 bridgehead atoms. The zero-order chi connectivity index (χ0) is 12.4.